The first kappa shape index (κ1) is 10.9. The van der Waals surface area contributed by atoms with Crippen LogP contribution in [-0.4, -0.2) is 16.7 Å². The molecule has 1 heterocycles. The lowest BCUT2D eigenvalue weighted by molar-refractivity contribution is 0.510. The number of rotatable bonds is 4. The average Bonchev–Trinajstić information content (AvgIpc) is 2.66. The maximum Gasteiger partial charge on any atom is 0.320 e. The number of anilines is 2. The maximum absolute atomic E-state index is 5.84. The van der Waals surface area contributed by atoms with E-state index in [-0.39, 0.29) is 0 Å². The fraction of sp³-hybridized carbons (Fsp3) is 0.200. The number of nitrogens with two attached hydrogens (primary N) is 1. The molecule has 2 rings (SSSR count). The highest BCUT2D eigenvalue weighted by Crippen LogP contribution is 2.19. The molecule has 1 aromatic carbocycles. The molecule has 0 amide bonds. The summed E-state index contributed by atoms with van der Waals surface area (Å²) < 4.78 is 5.31. The normalized spacial score (nSPS) is 10.4. The molecular formula is C10H11ClN4O. The molecule has 0 fully saturated rings. The number of hydrogen-bond acceptors (Lipinski definition) is 5. The summed E-state index contributed by atoms with van der Waals surface area (Å²) in [5, 5.41) is 11.3. The Morgan fingerprint density at radius 3 is 3.00 bits per heavy atom. The second-order valence-electron chi connectivity index (χ2n) is 3.17. The van der Waals surface area contributed by atoms with Crippen LogP contribution < -0.4 is 11.1 Å². The van der Waals surface area contributed by atoms with E-state index in [9.17, 15) is 0 Å². The van der Waals surface area contributed by atoms with Gasteiger partial charge in [0.15, 0.2) is 0 Å². The van der Waals surface area contributed by atoms with Crippen LogP contribution in [0.25, 0.3) is 0 Å². The highest BCUT2D eigenvalue weighted by Gasteiger charge is 2.05. The Hall–Kier alpha value is -1.59. The number of nitrogens with one attached hydrogen (secondary N) is 1. The SMILES string of the molecule is NCCc1nnc(Nc2cccc(Cl)c2)o1. The Morgan fingerprint density at radius 1 is 1.38 bits per heavy atom. The molecule has 0 atom stereocenters. The molecule has 6 heteroatoms. The third-order valence-electron chi connectivity index (χ3n) is 1.90. The van der Waals surface area contributed by atoms with Crippen LogP contribution in [0.2, 0.25) is 5.02 Å². The zero-order valence-electron chi connectivity index (χ0n) is 8.48. The zero-order chi connectivity index (χ0) is 11.4. The van der Waals surface area contributed by atoms with Crippen LogP contribution in [0.4, 0.5) is 11.7 Å². The van der Waals surface area contributed by atoms with Gasteiger partial charge in [0.2, 0.25) is 5.89 Å². The summed E-state index contributed by atoms with van der Waals surface area (Å²) in [5.41, 5.74) is 6.18. The predicted octanol–water partition coefficient (Wildman–Crippen LogP) is 1.97. The Balaban J connectivity index is 2.08. The van der Waals surface area contributed by atoms with Crippen molar-refractivity contribution in [3.63, 3.8) is 0 Å². The first-order chi connectivity index (χ1) is 7.78. The van der Waals surface area contributed by atoms with Crippen molar-refractivity contribution in [1.82, 2.24) is 10.2 Å². The lowest BCUT2D eigenvalue weighted by Crippen LogP contribution is -2.02. The van der Waals surface area contributed by atoms with E-state index in [1.807, 2.05) is 12.1 Å². The number of nitrogens with zero attached hydrogens (tertiary/aromatic N) is 2. The fourth-order valence-electron chi connectivity index (χ4n) is 1.22. The molecular weight excluding hydrogens is 228 g/mol. The molecule has 0 radical (unpaired) electrons. The largest absolute Gasteiger partial charge is 0.408 e. The standard InChI is InChI=1S/C10H11ClN4O/c11-7-2-1-3-8(6-7)13-10-15-14-9(16-10)4-5-12/h1-3,6H,4-5,12H2,(H,13,15). The van der Waals surface area contributed by atoms with Crippen LogP contribution in [0.5, 0.6) is 0 Å². The van der Waals surface area contributed by atoms with Gasteiger partial charge in [-0.05, 0) is 18.2 Å². The van der Waals surface area contributed by atoms with E-state index >= 15 is 0 Å². The molecule has 0 saturated heterocycles. The minimum Gasteiger partial charge on any atom is -0.408 e. The Morgan fingerprint density at radius 2 is 2.25 bits per heavy atom. The van der Waals surface area contributed by atoms with Crippen molar-refractivity contribution in [2.75, 3.05) is 11.9 Å². The molecule has 1 aromatic heterocycles. The van der Waals surface area contributed by atoms with Crippen LogP contribution in [0.3, 0.4) is 0 Å². The van der Waals surface area contributed by atoms with Crippen LogP contribution in [0.1, 0.15) is 5.89 Å². The van der Waals surface area contributed by atoms with Gasteiger partial charge in [0.05, 0.1) is 0 Å². The van der Waals surface area contributed by atoms with Crippen LogP contribution in [0.15, 0.2) is 28.7 Å². The van der Waals surface area contributed by atoms with Gasteiger partial charge < -0.3 is 15.5 Å². The second-order valence-corrected chi connectivity index (χ2v) is 3.61. The van der Waals surface area contributed by atoms with Gasteiger partial charge in [0, 0.05) is 23.7 Å². The van der Waals surface area contributed by atoms with Crippen LogP contribution >= 0.6 is 11.6 Å². The molecule has 0 unspecified atom stereocenters. The number of hydrogen-bond donors (Lipinski definition) is 2. The highest BCUT2D eigenvalue weighted by molar-refractivity contribution is 6.30. The molecule has 0 aliphatic carbocycles. The Kier molecular flexibility index (Phi) is 3.38. The summed E-state index contributed by atoms with van der Waals surface area (Å²) in [6, 6.07) is 7.60. The minimum absolute atomic E-state index is 0.339. The van der Waals surface area contributed by atoms with Gasteiger partial charge in [0.1, 0.15) is 0 Å². The monoisotopic (exact) mass is 238 g/mol. The quantitative estimate of drug-likeness (QED) is 0.852. The Bertz CT molecular complexity index is 471. The summed E-state index contributed by atoms with van der Waals surface area (Å²) >= 11 is 5.84. The fourth-order valence-corrected chi connectivity index (χ4v) is 1.41. The third kappa shape index (κ3) is 2.71. The van der Waals surface area contributed by atoms with Gasteiger partial charge in [-0.2, -0.15) is 0 Å². The average molecular weight is 239 g/mol. The van der Waals surface area contributed by atoms with E-state index in [4.69, 9.17) is 21.8 Å². The molecule has 16 heavy (non-hydrogen) atoms. The maximum atomic E-state index is 5.84. The van der Waals surface area contributed by atoms with Gasteiger partial charge in [0.25, 0.3) is 0 Å². The smallest absolute Gasteiger partial charge is 0.320 e. The van der Waals surface area contributed by atoms with E-state index in [1.165, 1.54) is 0 Å². The van der Waals surface area contributed by atoms with Crippen molar-refractivity contribution in [2.24, 2.45) is 5.73 Å². The van der Waals surface area contributed by atoms with Crippen molar-refractivity contribution in [3.05, 3.63) is 35.2 Å². The van der Waals surface area contributed by atoms with Crippen molar-refractivity contribution in [3.8, 4) is 0 Å². The first-order valence-electron chi connectivity index (χ1n) is 4.83. The topological polar surface area (TPSA) is 77.0 Å². The van der Waals surface area contributed by atoms with Crippen LogP contribution in [0, 0.1) is 0 Å². The molecule has 0 bridgehead atoms. The number of benzene rings is 1. The van der Waals surface area contributed by atoms with Gasteiger partial charge >= 0.3 is 6.01 Å². The molecule has 0 saturated carbocycles. The van der Waals surface area contributed by atoms with Gasteiger partial charge in [-0.1, -0.05) is 22.8 Å². The molecule has 84 valence electrons. The van der Waals surface area contributed by atoms with E-state index < -0.39 is 0 Å². The second kappa shape index (κ2) is 4.96. The highest BCUT2D eigenvalue weighted by atomic mass is 35.5. The van der Waals surface area contributed by atoms with Gasteiger partial charge in [-0.25, -0.2) is 0 Å². The summed E-state index contributed by atoms with van der Waals surface area (Å²) in [6.45, 7) is 0.485. The van der Waals surface area contributed by atoms with E-state index in [0.717, 1.165) is 5.69 Å². The molecule has 0 aliphatic rings. The summed E-state index contributed by atoms with van der Waals surface area (Å²) in [7, 11) is 0. The number of aromatic nitrogens is 2. The van der Waals surface area contributed by atoms with E-state index in [1.54, 1.807) is 12.1 Å². The summed E-state index contributed by atoms with van der Waals surface area (Å²) in [6.07, 6.45) is 0.574. The van der Waals surface area contributed by atoms with E-state index in [0.29, 0.717) is 29.9 Å². The van der Waals surface area contributed by atoms with Crippen molar-refractivity contribution in [2.45, 2.75) is 6.42 Å². The van der Waals surface area contributed by atoms with Crippen molar-refractivity contribution in [1.29, 1.82) is 0 Å². The van der Waals surface area contributed by atoms with Gasteiger partial charge in [-0.15, -0.1) is 5.10 Å². The summed E-state index contributed by atoms with van der Waals surface area (Å²) in [4.78, 5) is 0. The van der Waals surface area contributed by atoms with Gasteiger partial charge in [-0.3, -0.25) is 0 Å². The summed E-state index contributed by atoms with van der Waals surface area (Å²) in [5.74, 6) is 0.520. The van der Waals surface area contributed by atoms with Crippen molar-refractivity contribution < 1.29 is 4.42 Å². The molecule has 0 spiro atoms. The van der Waals surface area contributed by atoms with Crippen LogP contribution in [-0.2, 0) is 6.42 Å². The third-order valence-corrected chi connectivity index (χ3v) is 2.14. The number of halogens is 1. The Labute approximate surface area is 97.6 Å². The molecule has 5 nitrogen and oxygen atoms in total. The lowest BCUT2D eigenvalue weighted by atomic mass is 10.3. The minimum atomic E-state index is 0.339. The predicted molar refractivity (Wildman–Crippen MR) is 61.8 cm³/mol. The molecule has 3 N–H and O–H groups in total. The zero-order valence-corrected chi connectivity index (χ0v) is 9.24. The molecule has 0 aliphatic heterocycles. The molecule has 2 aromatic rings. The lowest BCUT2D eigenvalue weighted by Gasteiger charge is -2.00. The van der Waals surface area contributed by atoms with E-state index in [2.05, 4.69) is 15.5 Å². The first-order valence-corrected chi connectivity index (χ1v) is 5.21. The van der Waals surface area contributed by atoms with Crippen molar-refractivity contribution >= 4 is 23.3 Å².